The van der Waals surface area contributed by atoms with Crippen LogP contribution in [-0.2, 0) is 20.0 Å². The number of alkyl halides is 1. The molecule has 0 N–H and O–H groups in total. The van der Waals surface area contributed by atoms with Crippen molar-refractivity contribution < 1.29 is 16.8 Å². The predicted molar refractivity (Wildman–Crippen MR) is 132 cm³/mol. The molecule has 7 nitrogen and oxygen atoms in total. The minimum Gasteiger partial charge on any atom is -0.337 e. The molecule has 3 rings (SSSR count). The summed E-state index contributed by atoms with van der Waals surface area (Å²) in [4.78, 5) is 1.99. The van der Waals surface area contributed by atoms with Crippen LogP contribution in [0.4, 0.5) is 0 Å². The molecular formula is C23H30ClN3O4S2. The molecule has 2 atom stereocenters. The fourth-order valence-electron chi connectivity index (χ4n) is 4.04. The molecule has 1 aliphatic heterocycles. The van der Waals surface area contributed by atoms with Crippen molar-refractivity contribution in [1.29, 1.82) is 0 Å². The maximum Gasteiger partial charge on any atom is 0.283 e. The Hall–Kier alpha value is -1.94. The van der Waals surface area contributed by atoms with Crippen LogP contribution in [-0.4, -0.2) is 56.5 Å². The van der Waals surface area contributed by atoms with E-state index in [1.54, 1.807) is 41.3 Å². The highest BCUT2D eigenvalue weighted by atomic mass is 35.5. The number of halogens is 1. The summed E-state index contributed by atoms with van der Waals surface area (Å²) in [5.74, 6) is -0.187. The predicted octanol–water partition coefficient (Wildman–Crippen LogP) is 4.01. The normalized spacial score (nSPS) is 20.6. The van der Waals surface area contributed by atoms with E-state index in [1.165, 1.54) is 16.4 Å². The third kappa shape index (κ3) is 5.26. The Morgan fingerprint density at radius 2 is 1.45 bits per heavy atom. The molecule has 180 valence electrons. The van der Waals surface area contributed by atoms with Gasteiger partial charge in [0.25, 0.3) is 10.0 Å². The van der Waals surface area contributed by atoms with Crippen molar-refractivity contribution in [1.82, 2.24) is 9.21 Å². The molecule has 0 bridgehead atoms. The van der Waals surface area contributed by atoms with E-state index < -0.39 is 26.2 Å². The zero-order chi connectivity index (χ0) is 24.6. The highest BCUT2D eigenvalue weighted by Gasteiger charge is 2.46. The lowest BCUT2D eigenvalue weighted by Crippen LogP contribution is -2.49. The standard InChI is InChI=1S/C23H30ClN3O4S2/c1-16(2)23-26(33(30,31)21-12-8-18(4)9-13-21)15-19(5)27(23)22(14-24)25-32(28,29)20-10-6-17(3)7-11-20/h6-13,16,19,23H,14-15H2,1-5H3/t19-,23+/m1/s1. The van der Waals surface area contributed by atoms with Crippen LogP contribution in [0.3, 0.4) is 0 Å². The molecule has 0 aromatic heterocycles. The van der Waals surface area contributed by atoms with Gasteiger partial charge in [-0.1, -0.05) is 49.2 Å². The lowest BCUT2D eigenvalue weighted by molar-refractivity contribution is 0.198. The number of sulfonamides is 2. The summed E-state index contributed by atoms with van der Waals surface area (Å²) in [6.07, 6.45) is -0.628. The van der Waals surface area contributed by atoms with Gasteiger partial charge in [-0.25, -0.2) is 8.42 Å². The van der Waals surface area contributed by atoms with E-state index in [-0.39, 0.29) is 40.0 Å². The molecule has 0 radical (unpaired) electrons. The first-order valence-corrected chi connectivity index (χ1v) is 14.1. The molecule has 0 spiro atoms. The van der Waals surface area contributed by atoms with Gasteiger partial charge in [-0.15, -0.1) is 16.0 Å². The van der Waals surface area contributed by atoms with Crippen LogP contribution in [0.15, 0.2) is 62.7 Å². The molecule has 0 saturated carbocycles. The summed E-state index contributed by atoms with van der Waals surface area (Å²) in [6.45, 7) is 9.60. The lowest BCUT2D eigenvalue weighted by atomic mass is 10.1. The third-order valence-corrected chi connectivity index (χ3v) is 9.09. The summed E-state index contributed by atoms with van der Waals surface area (Å²) in [5, 5.41) is 0. The van der Waals surface area contributed by atoms with Crippen LogP contribution >= 0.6 is 11.6 Å². The largest absolute Gasteiger partial charge is 0.337 e. The van der Waals surface area contributed by atoms with E-state index in [4.69, 9.17) is 11.6 Å². The number of amidine groups is 1. The van der Waals surface area contributed by atoms with Crippen molar-refractivity contribution in [3.05, 3.63) is 59.7 Å². The van der Waals surface area contributed by atoms with Gasteiger partial charge < -0.3 is 4.90 Å². The van der Waals surface area contributed by atoms with E-state index in [0.717, 1.165) is 11.1 Å². The zero-order valence-corrected chi connectivity index (χ0v) is 21.8. The molecule has 0 amide bonds. The molecular weight excluding hydrogens is 482 g/mol. The number of rotatable bonds is 6. The number of benzene rings is 2. The second-order valence-electron chi connectivity index (χ2n) is 8.73. The fourth-order valence-corrected chi connectivity index (χ4v) is 7.13. The molecule has 1 fully saturated rings. The van der Waals surface area contributed by atoms with Crippen molar-refractivity contribution in [2.45, 2.75) is 56.6 Å². The first-order valence-electron chi connectivity index (χ1n) is 10.7. The van der Waals surface area contributed by atoms with Crippen molar-refractivity contribution >= 4 is 37.5 Å². The highest BCUT2D eigenvalue weighted by Crippen LogP contribution is 2.33. The van der Waals surface area contributed by atoms with Crippen LogP contribution < -0.4 is 0 Å². The second-order valence-corrected chi connectivity index (χ2v) is 12.5. The summed E-state index contributed by atoms with van der Waals surface area (Å²) in [5.41, 5.74) is 1.89. The van der Waals surface area contributed by atoms with Crippen molar-refractivity contribution in [2.24, 2.45) is 10.3 Å². The lowest BCUT2D eigenvalue weighted by Gasteiger charge is -2.35. The Bertz CT molecular complexity index is 1230. The number of hydrogen-bond acceptors (Lipinski definition) is 4. The van der Waals surface area contributed by atoms with Gasteiger partial charge in [0.15, 0.2) is 0 Å². The van der Waals surface area contributed by atoms with Crippen LogP contribution in [0.25, 0.3) is 0 Å². The van der Waals surface area contributed by atoms with Gasteiger partial charge >= 0.3 is 0 Å². The van der Waals surface area contributed by atoms with Crippen molar-refractivity contribution in [3.63, 3.8) is 0 Å². The van der Waals surface area contributed by atoms with Gasteiger partial charge in [-0.2, -0.15) is 12.7 Å². The van der Waals surface area contributed by atoms with Gasteiger partial charge in [0.2, 0.25) is 10.0 Å². The van der Waals surface area contributed by atoms with Crippen molar-refractivity contribution in [2.75, 3.05) is 12.4 Å². The molecule has 0 aliphatic carbocycles. The Balaban J connectivity index is 2.04. The SMILES string of the molecule is Cc1ccc(S(=O)(=O)N=C(CCl)N2[C@H](C)CN(S(=O)(=O)c3ccc(C)cc3)[C@@H]2C(C)C)cc1. The van der Waals surface area contributed by atoms with E-state index >= 15 is 0 Å². The average Bonchev–Trinajstić information content (AvgIpc) is 3.11. The highest BCUT2D eigenvalue weighted by molar-refractivity contribution is 7.90. The third-order valence-electron chi connectivity index (χ3n) is 5.68. The molecule has 1 saturated heterocycles. The fraction of sp³-hybridized carbons (Fsp3) is 0.435. The average molecular weight is 512 g/mol. The Labute approximate surface area is 202 Å². The Morgan fingerprint density at radius 1 is 0.970 bits per heavy atom. The van der Waals surface area contributed by atoms with Crippen LogP contribution in [0.1, 0.15) is 31.9 Å². The second kappa shape index (κ2) is 9.74. The molecule has 10 heteroatoms. The molecule has 2 aromatic rings. The van der Waals surface area contributed by atoms with E-state index in [1.807, 2.05) is 34.6 Å². The molecule has 1 aliphatic rings. The van der Waals surface area contributed by atoms with E-state index in [2.05, 4.69) is 4.40 Å². The van der Waals surface area contributed by atoms with E-state index in [0.29, 0.717) is 0 Å². The minimum absolute atomic E-state index is 0.0628. The topological polar surface area (TPSA) is 87.1 Å². The summed E-state index contributed by atoms with van der Waals surface area (Å²) < 4.78 is 58.5. The number of hydrogen-bond donors (Lipinski definition) is 0. The maximum atomic E-state index is 13.5. The van der Waals surface area contributed by atoms with Gasteiger partial charge in [0.05, 0.1) is 15.7 Å². The van der Waals surface area contributed by atoms with Crippen molar-refractivity contribution in [3.8, 4) is 0 Å². The Kier molecular flexibility index (Phi) is 7.58. The van der Waals surface area contributed by atoms with Gasteiger partial charge in [-0.05, 0) is 51.0 Å². The number of aryl methyl sites for hydroxylation is 2. The summed E-state index contributed by atoms with van der Waals surface area (Å²) in [6, 6.07) is 12.8. The van der Waals surface area contributed by atoms with E-state index in [9.17, 15) is 16.8 Å². The first-order chi connectivity index (χ1) is 15.4. The maximum absolute atomic E-state index is 13.5. The summed E-state index contributed by atoms with van der Waals surface area (Å²) in [7, 11) is -7.83. The number of nitrogens with zero attached hydrogens (tertiary/aromatic N) is 3. The van der Waals surface area contributed by atoms with Gasteiger partial charge in [-0.3, -0.25) is 0 Å². The van der Waals surface area contributed by atoms with Crippen LogP contribution in [0.5, 0.6) is 0 Å². The van der Waals surface area contributed by atoms with Gasteiger partial charge in [0.1, 0.15) is 12.0 Å². The molecule has 0 unspecified atom stereocenters. The van der Waals surface area contributed by atoms with Crippen LogP contribution in [0.2, 0.25) is 0 Å². The van der Waals surface area contributed by atoms with Crippen LogP contribution in [0, 0.1) is 19.8 Å². The molecule has 33 heavy (non-hydrogen) atoms. The molecule has 1 heterocycles. The smallest absolute Gasteiger partial charge is 0.283 e. The first kappa shape index (κ1) is 25.7. The summed E-state index contributed by atoms with van der Waals surface area (Å²) >= 11 is 6.19. The Morgan fingerprint density at radius 3 is 1.91 bits per heavy atom. The zero-order valence-electron chi connectivity index (χ0n) is 19.4. The van der Waals surface area contributed by atoms with Gasteiger partial charge in [0, 0.05) is 12.6 Å². The quantitative estimate of drug-likeness (QED) is 0.332. The molecule has 2 aromatic carbocycles. The minimum atomic E-state index is -4.01. The monoisotopic (exact) mass is 511 g/mol.